The molecule has 0 radical (unpaired) electrons. The summed E-state index contributed by atoms with van der Waals surface area (Å²) >= 11 is 0. The summed E-state index contributed by atoms with van der Waals surface area (Å²) in [7, 11) is 0. The lowest BCUT2D eigenvalue weighted by Gasteiger charge is -2.61. The molecule has 4 fully saturated rings. The Morgan fingerprint density at radius 1 is 0.875 bits per heavy atom. The maximum Gasteiger partial charge on any atom is 0.302 e. The SMILES string of the molecule is CC(=O)O[C@@H]1CC[C@]2(C)[C@@H](CC[C@@H]3[C@@H]4CC[C@@H]([C@H](C)CC[C@H](C)C(C)C)[C@@]4(C)CC[C@@H]32)C1. The molecule has 0 spiro atoms. The smallest absolute Gasteiger partial charge is 0.302 e. The predicted molar refractivity (Wildman–Crippen MR) is 133 cm³/mol. The molecule has 184 valence electrons. The maximum atomic E-state index is 11.5. The van der Waals surface area contributed by atoms with Crippen LogP contribution in [0.1, 0.15) is 119 Å². The van der Waals surface area contributed by atoms with Crippen LogP contribution in [0, 0.1) is 58.2 Å². The number of ether oxygens (including phenoxy) is 1. The maximum absolute atomic E-state index is 11.5. The summed E-state index contributed by atoms with van der Waals surface area (Å²) in [5.41, 5.74) is 1.07. The van der Waals surface area contributed by atoms with Gasteiger partial charge in [-0.2, -0.15) is 0 Å². The number of esters is 1. The number of hydrogen-bond acceptors (Lipinski definition) is 2. The lowest BCUT2D eigenvalue weighted by molar-refractivity contribution is -0.160. The molecular formula is C30H52O2. The molecule has 0 heterocycles. The molecule has 32 heavy (non-hydrogen) atoms. The van der Waals surface area contributed by atoms with Crippen LogP contribution < -0.4 is 0 Å². The molecule has 0 unspecified atom stereocenters. The van der Waals surface area contributed by atoms with E-state index in [9.17, 15) is 4.79 Å². The molecule has 4 rings (SSSR count). The molecule has 0 aromatic rings. The van der Waals surface area contributed by atoms with Crippen LogP contribution in [0.25, 0.3) is 0 Å². The third kappa shape index (κ3) is 4.31. The van der Waals surface area contributed by atoms with Crippen molar-refractivity contribution in [2.75, 3.05) is 0 Å². The van der Waals surface area contributed by atoms with Crippen LogP contribution >= 0.6 is 0 Å². The minimum Gasteiger partial charge on any atom is -0.463 e. The topological polar surface area (TPSA) is 26.3 Å². The van der Waals surface area contributed by atoms with Crippen LogP contribution in [0.4, 0.5) is 0 Å². The highest BCUT2D eigenvalue weighted by atomic mass is 16.5. The second kappa shape index (κ2) is 9.26. The van der Waals surface area contributed by atoms with E-state index in [1.165, 1.54) is 57.8 Å². The molecule has 0 saturated heterocycles. The molecule has 2 nitrogen and oxygen atoms in total. The molecule has 4 aliphatic rings. The zero-order valence-electron chi connectivity index (χ0n) is 22.3. The van der Waals surface area contributed by atoms with Crippen molar-refractivity contribution in [3.05, 3.63) is 0 Å². The van der Waals surface area contributed by atoms with Gasteiger partial charge in [-0.1, -0.05) is 54.4 Å². The largest absolute Gasteiger partial charge is 0.463 e. The number of fused-ring (bicyclic) bond motifs is 5. The Labute approximate surface area is 199 Å². The summed E-state index contributed by atoms with van der Waals surface area (Å²) in [5.74, 6) is 6.99. The predicted octanol–water partition coefficient (Wildman–Crippen LogP) is 8.29. The Morgan fingerprint density at radius 3 is 2.25 bits per heavy atom. The third-order valence-electron chi connectivity index (χ3n) is 11.9. The highest BCUT2D eigenvalue weighted by Gasteiger charge is 2.60. The van der Waals surface area contributed by atoms with Gasteiger partial charge in [-0.25, -0.2) is 0 Å². The first-order chi connectivity index (χ1) is 15.1. The van der Waals surface area contributed by atoms with Gasteiger partial charge >= 0.3 is 5.97 Å². The average Bonchev–Trinajstić information content (AvgIpc) is 3.08. The van der Waals surface area contributed by atoms with Crippen LogP contribution in [0.3, 0.4) is 0 Å². The number of rotatable bonds is 6. The van der Waals surface area contributed by atoms with Crippen molar-refractivity contribution in [2.45, 2.75) is 125 Å². The fourth-order valence-corrected chi connectivity index (χ4v) is 9.60. The molecule has 0 N–H and O–H groups in total. The quantitative estimate of drug-likeness (QED) is 0.385. The molecule has 2 heteroatoms. The van der Waals surface area contributed by atoms with Gasteiger partial charge in [0.15, 0.2) is 0 Å². The van der Waals surface area contributed by atoms with Crippen LogP contribution in [0.5, 0.6) is 0 Å². The number of hydrogen-bond donors (Lipinski definition) is 0. The summed E-state index contributed by atoms with van der Waals surface area (Å²) in [6.07, 6.45) is 15.2. The molecular weight excluding hydrogens is 392 g/mol. The summed E-state index contributed by atoms with van der Waals surface area (Å²) in [5, 5.41) is 0. The molecule has 0 aliphatic heterocycles. The summed E-state index contributed by atoms with van der Waals surface area (Å²) in [6, 6.07) is 0. The van der Waals surface area contributed by atoms with Gasteiger partial charge in [-0.15, -0.1) is 0 Å². The second-order valence-electron chi connectivity index (χ2n) is 13.7. The van der Waals surface area contributed by atoms with Gasteiger partial charge in [-0.05, 0) is 116 Å². The van der Waals surface area contributed by atoms with Crippen molar-refractivity contribution < 1.29 is 9.53 Å². The monoisotopic (exact) mass is 444 g/mol. The zero-order chi connectivity index (χ0) is 23.3. The third-order valence-corrected chi connectivity index (χ3v) is 11.9. The van der Waals surface area contributed by atoms with E-state index in [-0.39, 0.29) is 12.1 Å². The van der Waals surface area contributed by atoms with E-state index in [1.807, 2.05) is 0 Å². The van der Waals surface area contributed by atoms with E-state index in [0.717, 1.165) is 60.2 Å². The van der Waals surface area contributed by atoms with Crippen molar-refractivity contribution in [1.82, 2.24) is 0 Å². The Morgan fingerprint density at radius 2 is 1.56 bits per heavy atom. The fourth-order valence-electron chi connectivity index (χ4n) is 9.60. The lowest BCUT2D eigenvalue weighted by atomic mass is 9.44. The first-order valence-electron chi connectivity index (χ1n) is 14.2. The van der Waals surface area contributed by atoms with Crippen LogP contribution in [-0.4, -0.2) is 12.1 Å². The van der Waals surface area contributed by atoms with Crippen LogP contribution in [-0.2, 0) is 9.53 Å². The fraction of sp³-hybridized carbons (Fsp3) is 0.967. The van der Waals surface area contributed by atoms with Crippen molar-refractivity contribution in [2.24, 2.45) is 58.2 Å². The van der Waals surface area contributed by atoms with Gasteiger partial charge in [0, 0.05) is 6.92 Å². The first-order valence-corrected chi connectivity index (χ1v) is 14.2. The van der Waals surface area contributed by atoms with Gasteiger partial charge < -0.3 is 4.74 Å². The molecule has 4 aliphatic carbocycles. The molecule has 0 aromatic carbocycles. The number of carbonyl (C=O) groups is 1. The van der Waals surface area contributed by atoms with Crippen molar-refractivity contribution in [3.8, 4) is 0 Å². The summed E-state index contributed by atoms with van der Waals surface area (Å²) in [6.45, 7) is 16.7. The van der Waals surface area contributed by atoms with Gasteiger partial charge in [0.25, 0.3) is 0 Å². The highest BCUT2D eigenvalue weighted by molar-refractivity contribution is 5.66. The minimum atomic E-state index is -0.0883. The molecule has 10 atom stereocenters. The van der Waals surface area contributed by atoms with Crippen molar-refractivity contribution in [3.63, 3.8) is 0 Å². The van der Waals surface area contributed by atoms with E-state index in [0.29, 0.717) is 10.8 Å². The standard InChI is InChI=1S/C30H52O2/c1-19(2)20(3)8-9-21(4)26-12-13-27-25-11-10-23-18-24(32-22(5)31)14-16-29(23,6)28(25)15-17-30(26,27)7/h19-21,23-28H,8-18H2,1-7H3/t20-,21+,23-,24+,25+,26-,27-,28-,29+,30+/m0/s1. The van der Waals surface area contributed by atoms with Gasteiger partial charge in [0.1, 0.15) is 6.10 Å². The number of carbonyl (C=O) groups excluding carboxylic acids is 1. The van der Waals surface area contributed by atoms with Crippen LogP contribution in [0.15, 0.2) is 0 Å². The Balaban J connectivity index is 1.43. The molecule has 0 bridgehead atoms. The Kier molecular flexibility index (Phi) is 7.11. The van der Waals surface area contributed by atoms with Gasteiger partial charge in [-0.3, -0.25) is 4.79 Å². The van der Waals surface area contributed by atoms with E-state index in [4.69, 9.17) is 4.74 Å². The first kappa shape index (κ1) is 24.6. The average molecular weight is 445 g/mol. The molecule has 4 saturated carbocycles. The Bertz CT molecular complexity index is 670. The zero-order valence-corrected chi connectivity index (χ0v) is 22.3. The van der Waals surface area contributed by atoms with Crippen LogP contribution in [0.2, 0.25) is 0 Å². The molecule has 0 aromatic heterocycles. The van der Waals surface area contributed by atoms with E-state index >= 15 is 0 Å². The van der Waals surface area contributed by atoms with E-state index in [2.05, 4.69) is 41.5 Å². The lowest BCUT2D eigenvalue weighted by Crippen LogP contribution is -2.54. The second-order valence-corrected chi connectivity index (χ2v) is 13.7. The Hall–Kier alpha value is -0.530. The summed E-state index contributed by atoms with van der Waals surface area (Å²) in [4.78, 5) is 11.5. The van der Waals surface area contributed by atoms with Crippen molar-refractivity contribution in [1.29, 1.82) is 0 Å². The summed E-state index contributed by atoms with van der Waals surface area (Å²) < 4.78 is 5.66. The normalized spacial score (nSPS) is 45.5. The minimum absolute atomic E-state index is 0.0883. The van der Waals surface area contributed by atoms with E-state index < -0.39 is 0 Å². The van der Waals surface area contributed by atoms with E-state index in [1.54, 1.807) is 6.92 Å². The van der Waals surface area contributed by atoms with Gasteiger partial charge in [0.2, 0.25) is 0 Å². The highest BCUT2D eigenvalue weighted by Crippen LogP contribution is 2.68. The molecule has 0 amide bonds. The van der Waals surface area contributed by atoms with Crippen molar-refractivity contribution >= 4 is 5.97 Å². The van der Waals surface area contributed by atoms with Gasteiger partial charge in [0.05, 0.1) is 0 Å².